The second kappa shape index (κ2) is 4.70. The standard InChI is InChI=1S/C10H12BrIN2/c1-10(2,3)14-6-7-5-13-9(11)4-8(7)12/h4-6H,1-3H3. The monoisotopic (exact) mass is 366 g/mol. The largest absolute Gasteiger partial charge is 0.287 e. The number of nitrogens with zero attached hydrogens (tertiary/aromatic N) is 2. The average Bonchev–Trinajstić information content (AvgIpc) is 2.00. The Labute approximate surface area is 107 Å². The van der Waals surface area contributed by atoms with Crippen LogP contribution >= 0.6 is 38.5 Å². The number of pyridine rings is 1. The zero-order valence-electron chi connectivity index (χ0n) is 8.38. The fourth-order valence-electron chi connectivity index (χ4n) is 0.776. The third kappa shape index (κ3) is 4.04. The second-order valence-electron chi connectivity index (χ2n) is 3.96. The molecule has 0 spiro atoms. The summed E-state index contributed by atoms with van der Waals surface area (Å²) in [4.78, 5) is 8.59. The van der Waals surface area contributed by atoms with Crippen LogP contribution in [0.5, 0.6) is 0 Å². The van der Waals surface area contributed by atoms with Gasteiger partial charge in [-0.15, -0.1) is 0 Å². The lowest BCUT2D eigenvalue weighted by atomic mass is 10.1. The van der Waals surface area contributed by atoms with Gasteiger partial charge in [0.2, 0.25) is 0 Å². The average molecular weight is 367 g/mol. The van der Waals surface area contributed by atoms with E-state index < -0.39 is 0 Å². The fourth-order valence-corrected chi connectivity index (χ4v) is 2.11. The third-order valence-corrected chi connectivity index (χ3v) is 2.81. The van der Waals surface area contributed by atoms with Crippen LogP contribution in [-0.4, -0.2) is 16.7 Å². The van der Waals surface area contributed by atoms with Crippen LogP contribution in [-0.2, 0) is 0 Å². The lowest BCUT2D eigenvalue weighted by molar-refractivity contribution is 0.586. The van der Waals surface area contributed by atoms with Gasteiger partial charge >= 0.3 is 0 Å². The fraction of sp³-hybridized carbons (Fsp3) is 0.400. The van der Waals surface area contributed by atoms with E-state index in [1.54, 1.807) is 0 Å². The molecule has 0 radical (unpaired) electrons. The molecular weight excluding hydrogens is 355 g/mol. The van der Waals surface area contributed by atoms with Gasteiger partial charge in [-0.3, -0.25) is 4.99 Å². The Bertz CT molecular complexity index is 356. The van der Waals surface area contributed by atoms with Crippen molar-refractivity contribution in [3.63, 3.8) is 0 Å². The van der Waals surface area contributed by atoms with Crippen molar-refractivity contribution in [2.45, 2.75) is 26.3 Å². The van der Waals surface area contributed by atoms with Crippen molar-refractivity contribution in [2.24, 2.45) is 4.99 Å². The lowest BCUT2D eigenvalue weighted by Gasteiger charge is -2.10. The van der Waals surface area contributed by atoms with Gasteiger partial charge in [-0.05, 0) is 65.4 Å². The molecule has 1 heterocycles. The number of hydrogen-bond donors (Lipinski definition) is 0. The zero-order chi connectivity index (χ0) is 10.8. The smallest absolute Gasteiger partial charge is 0.107 e. The van der Waals surface area contributed by atoms with Crippen LogP contribution in [0.25, 0.3) is 0 Å². The summed E-state index contributed by atoms with van der Waals surface area (Å²) in [5.41, 5.74) is 1.03. The highest BCUT2D eigenvalue weighted by Crippen LogP contribution is 2.15. The van der Waals surface area contributed by atoms with Gasteiger partial charge in [0, 0.05) is 21.5 Å². The lowest BCUT2D eigenvalue weighted by Crippen LogP contribution is -2.10. The quantitative estimate of drug-likeness (QED) is 0.423. The van der Waals surface area contributed by atoms with Crippen LogP contribution < -0.4 is 0 Å². The molecule has 0 saturated heterocycles. The molecule has 1 rings (SSSR count). The van der Waals surface area contributed by atoms with Crippen molar-refractivity contribution in [3.05, 3.63) is 26.0 Å². The molecule has 14 heavy (non-hydrogen) atoms. The number of hydrogen-bond acceptors (Lipinski definition) is 2. The first-order chi connectivity index (χ1) is 6.38. The maximum Gasteiger partial charge on any atom is 0.107 e. The summed E-state index contributed by atoms with van der Waals surface area (Å²) >= 11 is 5.60. The molecule has 1 aromatic rings. The van der Waals surface area contributed by atoms with Crippen LogP contribution in [0, 0.1) is 3.57 Å². The molecule has 4 heteroatoms. The summed E-state index contributed by atoms with van der Waals surface area (Å²) in [6.45, 7) is 6.22. The minimum absolute atomic E-state index is 0.0316. The van der Waals surface area contributed by atoms with E-state index >= 15 is 0 Å². The number of rotatable bonds is 1. The van der Waals surface area contributed by atoms with Gasteiger partial charge in [-0.2, -0.15) is 0 Å². The summed E-state index contributed by atoms with van der Waals surface area (Å²) in [7, 11) is 0. The van der Waals surface area contributed by atoms with Gasteiger partial charge in [-0.25, -0.2) is 4.98 Å². The minimum atomic E-state index is -0.0316. The predicted octanol–water partition coefficient (Wildman–Crippen LogP) is 3.67. The van der Waals surface area contributed by atoms with E-state index in [2.05, 4.69) is 69.3 Å². The summed E-state index contributed by atoms with van der Waals surface area (Å²) in [5, 5.41) is 0. The first kappa shape index (κ1) is 12.1. The van der Waals surface area contributed by atoms with E-state index in [9.17, 15) is 0 Å². The Morgan fingerprint density at radius 1 is 1.50 bits per heavy atom. The molecule has 0 bridgehead atoms. The number of aromatic nitrogens is 1. The molecule has 0 atom stereocenters. The topological polar surface area (TPSA) is 25.2 Å². The van der Waals surface area contributed by atoms with Crippen molar-refractivity contribution < 1.29 is 0 Å². The highest BCUT2D eigenvalue weighted by molar-refractivity contribution is 14.1. The molecule has 0 aliphatic rings. The van der Waals surface area contributed by atoms with Gasteiger partial charge in [0.1, 0.15) is 4.60 Å². The SMILES string of the molecule is CC(C)(C)N=Cc1cnc(Br)cc1I. The van der Waals surface area contributed by atoms with Crippen LogP contribution in [0.2, 0.25) is 0 Å². The summed E-state index contributed by atoms with van der Waals surface area (Å²) < 4.78 is 2.01. The van der Waals surface area contributed by atoms with Gasteiger partial charge in [0.05, 0.1) is 5.54 Å². The summed E-state index contributed by atoms with van der Waals surface area (Å²) in [5.74, 6) is 0. The Balaban J connectivity index is 2.93. The van der Waals surface area contributed by atoms with E-state index in [0.29, 0.717) is 0 Å². The highest BCUT2D eigenvalue weighted by atomic mass is 127. The normalized spacial score (nSPS) is 12.4. The Kier molecular flexibility index (Phi) is 4.06. The Morgan fingerprint density at radius 2 is 2.14 bits per heavy atom. The van der Waals surface area contributed by atoms with Gasteiger partial charge in [-0.1, -0.05) is 0 Å². The number of aliphatic imine (C=N–C) groups is 1. The van der Waals surface area contributed by atoms with Crippen molar-refractivity contribution in [3.8, 4) is 0 Å². The highest BCUT2D eigenvalue weighted by Gasteiger charge is 2.06. The molecule has 2 nitrogen and oxygen atoms in total. The molecule has 1 aromatic heterocycles. The molecule has 0 aromatic carbocycles. The molecular formula is C10H12BrIN2. The van der Waals surface area contributed by atoms with E-state index in [-0.39, 0.29) is 5.54 Å². The van der Waals surface area contributed by atoms with E-state index in [1.165, 1.54) is 0 Å². The Morgan fingerprint density at radius 3 is 2.64 bits per heavy atom. The molecule has 76 valence electrons. The van der Waals surface area contributed by atoms with Gasteiger partial charge < -0.3 is 0 Å². The zero-order valence-corrected chi connectivity index (χ0v) is 12.1. The summed E-state index contributed by atoms with van der Waals surface area (Å²) in [6.07, 6.45) is 3.70. The van der Waals surface area contributed by atoms with E-state index in [1.807, 2.05) is 18.5 Å². The van der Waals surface area contributed by atoms with Crippen LogP contribution in [0.1, 0.15) is 26.3 Å². The molecule has 0 N–H and O–H groups in total. The van der Waals surface area contributed by atoms with Crippen LogP contribution in [0.4, 0.5) is 0 Å². The minimum Gasteiger partial charge on any atom is -0.287 e. The maximum atomic E-state index is 4.43. The van der Waals surface area contributed by atoms with Gasteiger partial charge in [0.15, 0.2) is 0 Å². The van der Waals surface area contributed by atoms with Crippen molar-refractivity contribution in [2.75, 3.05) is 0 Å². The van der Waals surface area contributed by atoms with E-state index in [4.69, 9.17) is 0 Å². The molecule has 0 amide bonds. The molecule has 0 fully saturated rings. The van der Waals surface area contributed by atoms with Crippen LogP contribution in [0.15, 0.2) is 21.9 Å². The van der Waals surface area contributed by atoms with Crippen molar-refractivity contribution in [1.29, 1.82) is 0 Å². The number of halogens is 2. The first-order valence-corrected chi connectivity index (χ1v) is 6.12. The maximum absolute atomic E-state index is 4.43. The van der Waals surface area contributed by atoms with Crippen molar-refractivity contribution >= 4 is 44.7 Å². The van der Waals surface area contributed by atoms with E-state index in [0.717, 1.165) is 13.7 Å². The molecule has 0 aliphatic carbocycles. The molecule has 0 unspecified atom stereocenters. The van der Waals surface area contributed by atoms with Crippen molar-refractivity contribution in [1.82, 2.24) is 4.98 Å². The Hall–Kier alpha value is 0.0300. The predicted molar refractivity (Wildman–Crippen MR) is 72.0 cm³/mol. The molecule has 0 aliphatic heterocycles. The van der Waals surface area contributed by atoms with Gasteiger partial charge in [0.25, 0.3) is 0 Å². The summed E-state index contributed by atoms with van der Waals surface area (Å²) in [6, 6.07) is 1.98. The third-order valence-electron chi connectivity index (χ3n) is 1.44. The molecule has 0 saturated carbocycles. The first-order valence-electron chi connectivity index (χ1n) is 4.25. The second-order valence-corrected chi connectivity index (χ2v) is 5.93. The van der Waals surface area contributed by atoms with Crippen LogP contribution in [0.3, 0.4) is 0 Å².